The van der Waals surface area contributed by atoms with Gasteiger partial charge in [-0.15, -0.1) is 0 Å². The maximum Gasteiger partial charge on any atom is 0.162 e. The Bertz CT molecular complexity index is 717. The highest BCUT2D eigenvalue weighted by Crippen LogP contribution is 2.31. The molecule has 2 aromatic rings. The third-order valence-electron chi connectivity index (χ3n) is 4.52. The number of aryl methyl sites for hydroxylation is 1. The number of hydrogen-bond donors (Lipinski definition) is 0. The maximum atomic E-state index is 9.30. The lowest BCUT2D eigenvalue weighted by molar-refractivity contribution is 0.535. The molecule has 3 heteroatoms. The van der Waals surface area contributed by atoms with Gasteiger partial charge in [-0.25, -0.2) is 4.98 Å². The molecule has 0 unspecified atom stereocenters. The number of benzene rings is 1. The van der Waals surface area contributed by atoms with E-state index in [9.17, 15) is 5.26 Å². The molecule has 3 nitrogen and oxygen atoms in total. The number of fused-ring (bicyclic) bond motifs is 1. The molecule has 1 aromatic carbocycles. The predicted octanol–water partition coefficient (Wildman–Crippen LogP) is 3.68. The highest BCUT2D eigenvalue weighted by Gasteiger charge is 2.22. The smallest absolute Gasteiger partial charge is 0.162 e. The predicted molar refractivity (Wildman–Crippen MR) is 79.5 cm³/mol. The molecule has 0 radical (unpaired) electrons. The summed E-state index contributed by atoms with van der Waals surface area (Å²) in [6.45, 7) is 7.41. The van der Waals surface area contributed by atoms with E-state index < -0.39 is 0 Å². The van der Waals surface area contributed by atoms with Gasteiger partial charge in [-0.1, -0.05) is 12.1 Å². The van der Waals surface area contributed by atoms with E-state index in [4.69, 9.17) is 0 Å². The first-order chi connectivity index (χ1) is 9.63. The lowest BCUT2D eigenvalue weighted by Crippen LogP contribution is -2.12. The first-order valence-corrected chi connectivity index (χ1v) is 7.20. The van der Waals surface area contributed by atoms with Crippen molar-refractivity contribution in [2.45, 2.75) is 46.6 Å². The fraction of sp³-hybridized carbons (Fsp3) is 0.412. The number of hydrogen-bond acceptors (Lipinski definition) is 2. The third kappa shape index (κ3) is 1.84. The molecular formula is C17H19N3. The molecule has 0 fully saturated rings. The fourth-order valence-corrected chi connectivity index (χ4v) is 3.04. The number of rotatable bonds is 1. The molecule has 1 aliphatic heterocycles. The molecule has 1 aliphatic rings. The summed E-state index contributed by atoms with van der Waals surface area (Å²) in [5.74, 6) is 0.969. The topological polar surface area (TPSA) is 41.6 Å². The molecule has 0 N–H and O–H groups in total. The summed E-state index contributed by atoms with van der Waals surface area (Å²) in [6.07, 6.45) is 3.30. The zero-order chi connectivity index (χ0) is 14.3. The van der Waals surface area contributed by atoms with Crippen molar-refractivity contribution in [1.29, 1.82) is 5.26 Å². The van der Waals surface area contributed by atoms with Crippen LogP contribution in [0.1, 0.15) is 40.9 Å². The molecule has 20 heavy (non-hydrogen) atoms. The van der Waals surface area contributed by atoms with Crippen molar-refractivity contribution in [3.05, 3.63) is 40.2 Å². The molecule has 0 bridgehead atoms. The summed E-state index contributed by atoms with van der Waals surface area (Å²) >= 11 is 0. The minimum Gasteiger partial charge on any atom is -0.327 e. The average molecular weight is 265 g/mol. The second kappa shape index (κ2) is 4.79. The number of aromatic nitrogens is 2. The van der Waals surface area contributed by atoms with Crippen molar-refractivity contribution in [3.8, 4) is 17.5 Å². The van der Waals surface area contributed by atoms with Gasteiger partial charge in [0.05, 0.1) is 5.69 Å². The summed E-state index contributed by atoms with van der Waals surface area (Å²) in [5, 5.41) is 9.30. The van der Waals surface area contributed by atoms with Gasteiger partial charge in [-0.05, 0) is 56.7 Å². The molecule has 0 saturated carbocycles. The number of imidazole rings is 1. The Morgan fingerprint density at radius 3 is 2.70 bits per heavy atom. The van der Waals surface area contributed by atoms with Crippen LogP contribution in [0.2, 0.25) is 0 Å². The van der Waals surface area contributed by atoms with Gasteiger partial charge in [-0.3, -0.25) is 0 Å². The van der Waals surface area contributed by atoms with Gasteiger partial charge in [0.2, 0.25) is 0 Å². The summed E-state index contributed by atoms with van der Waals surface area (Å²) in [5.41, 5.74) is 6.78. The summed E-state index contributed by atoms with van der Waals surface area (Å²) < 4.78 is 2.25. The highest BCUT2D eigenvalue weighted by molar-refractivity contribution is 5.65. The van der Waals surface area contributed by atoms with Crippen molar-refractivity contribution in [2.24, 2.45) is 0 Å². The zero-order valence-corrected chi connectivity index (χ0v) is 12.3. The molecule has 1 aromatic heterocycles. The molecule has 0 spiro atoms. The van der Waals surface area contributed by atoms with Crippen LogP contribution >= 0.6 is 0 Å². The van der Waals surface area contributed by atoms with Gasteiger partial charge in [0.25, 0.3) is 0 Å². The number of nitriles is 1. The Kier molecular flexibility index (Phi) is 3.10. The standard InChI is InChI=1S/C17H19N3/c1-11-7-8-14(13(3)12(11)2)17-19-15(10-18)16-6-4-5-9-20(16)17/h7-8H,4-6,9H2,1-3H3. The number of nitrogens with zero attached hydrogens (tertiary/aromatic N) is 3. The molecule has 2 heterocycles. The fourth-order valence-electron chi connectivity index (χ4n) is 3.04. The molecule has 3 rings (SSSR count). The van der Waals surface area contributed by atoms with E-state index in [0.717, 1.165) is 36.5 Å². The first kappa shape index (κ1) is 12.9. The lowest BCUT2D eigenvalue weighted by Gasteiger charge is -2.18. The van der Waals surface area contributed by atoms with Gasteiger partial charge in [0.1, 0.15) is 11.9 Å². The summed E-state index contributed by atoms with van der Waals surface area (Å²) in [6, 6.07) is 6.55. The van der Waals surface area contributed by atoms with Crippen molar-refractivity contribution < 1.29 is 0 Å². The van der Waals surface area contributed by atoms with Crippen LogP contribution in [0.5, 0.6) is 0 Å². The summed E-state index contributed by atoms with van der Waals surface area (Å²) in [7, 11) is 0. The van der Waals surface area contributed by atoms with Crippen molar-refractivity contribution >= 4 is 0 Å². The minimum atomic E-state index is 0.609. The van der Waals surface area contributed by atoms with Gasteiger partial charge in [-0.2, -0.15) is 5.26 Å². The van der Waals surface area contributed by atoms with Crippen LogP contribution in [0.3, 0.4) is 0 Å². The van der Waals surface area contributed by atoms with E-state index in [1.165, 1.54) is 23.1 Å². The Morgan fingerprint density at radius 2 is 1.95 bits per heavy atom. The third-order valence-corrected chi connectivity index (χ3v) is 4.52. The second-order valence-electron chi connectivity index (χ2n) is 5.63. The monoisotopic (exact) mass is 265 g/mol. The lowest BCUT2D eigenvalue weighted by atomic mass is 9.98. The largest absolute Gasteiger partial charge is 0.327 e. The summed E-state index contributed by atoms with van der Waals surface area (Å²) in [4.78, 5) is 4.61. The average Bonchev–Trinajstić information content (AvgIpc) is 2.84. The van der Waals surface area contributed by atoms with E-state index in [0.29, 0.717) is 5.69 Å². The minimum absolute atomic E-state index is 0.609. The molecule has 0 atom stereocenters. The molecule has 0 saturated heterocycles. The van der Waals surface area contributed by atoms with E-state index in [-0.39, 0.29) is 0 Å². The van der Waals surface area contributed by atoms with Gasteiger partial charge in [0.15, 0.2) is 5.69 Å². The first-order valence-electron chi connectivity index (χ1n) is 7.20. The molecule has 0 aliphatic carbocycles. The van der Waals surface area contributed by atoms with Gasteiger partial charge in [0, 0.05) is 12.1 Å². The van der Waals surface area contributed by atoms with Crippen LogP contribution in [0.25, 0.3) is 11.4 Å². The van der Waals surface area contributed by atoms with Crippen molar-refractivity contribution in [3.63, 3.8) is 0 Å². The van der Waals surface area contributed by atoms with E-state index in [2.05, 4.69) is 48.5 Å². The highest BCUT2D eigenvalue weighted by atomic mass is 15.1. The van der Waals surface area contributed by atoms with Crippen LogP contribution in [0.4, 0.5) is 0 Å². The molecular weight excluding hydrogens is 246 g/mol. The van der Waals surface area contributed by atoms with Crippen molar-refractivity contribution in [1.82, 2.24) is 9.55 Å². The van der Waals surface area contributed by atoms with Crippen molar-refractivity contribution in [2.75, 3.05) is 0 Å². The Labute approximate surface area is 119 Å². The van der Waals surface area contributed by atoms with Gasteiger partial charge < -0.3 is 4.57 Å². The Morgan fingerprint density at radius 1 is 1.15 bits per heavy atom. The van der Waals surface area contributed by atoms with Crippen LogP contribution in [-0.2, 0) is 13.0 Å². The quantitative estimate of drug-likeness (QED) is 0.789. The van der Waals surface area contributed by atoms with Gasteiger partial charge >= 0.3 is 0 Å². The zero-order valence-electron chi connectivity index (χ0n) is 12.3. The second-order valence-corrected chi connectivity index (χ2v) is 5.63. The van der Waals surface area contributed by atoms with E-state index in [1.807, 2.05) is 0 Å². The van der Waals surface area contributed by atoms with Crippen LogP contribution in [0.15, 0.2) is 12.1 Å². The van der Waals surface area contributed by atoms with Crippen LogP contribution in [-0.4, -0.2) is 9.55 Å². The van der Waals surface area contributed by atoms with E-state index >= 15 is 0 Å². The normalized spacial score (nSPS) is 13.9. The Balaban J connectivity index is 2.24. The molecule has 102 valence electrons. The molecule has 0 amide bonds. The van der Waals surface area contributed by atoms with Crippen LogP contribution < -0.4 is 0 Å². The van der Waals surface area contributed by atoms with E-state index in [1.54, 1.807) is 0 Å². The van der Waals surface area contributed by atoms with Crippen LogP contribution in [0, 0.1) is 32.1 Å². The maximum absolute atomic E-state index is 9.30. The Hall–Kier alpha value is -2.08. The SMILES string of the molecule is Cc1ccc(-c2nc(C#N)c3n2CCCC3)c(C)c1C.